The zero-order valence-corrected chi connectivity index (χ0v) is 14.1. The first-order chi connectivity index (χ1) is 12.8. The number of aromatic nitrogens is 1. The lowest BCUT2D eigenvalue weighted by atomic mass is 10.1. The van der Waals surface area contributed by atoms with Crippen molar-refractivity contribution in [3.05, 3.63) is 103 Å². The fourth-order valence-corrected chi connectivity index (χ4v) is 2.86. The van der Waals surface area contributed by atoms with Gasteiger partial charge in [0.2, 0.25) is 0 Å². The van der Waals surface area contributed by atoms with Crippen LogP contribution in [0.4, 0.5) is 11.5 Å². The summed E-state index contributed by atoms with van der Waals surface area (Å²) < 4.78 is 0. The van der Waals surface area contributed by atoms with Crippen molar-refractivity contribution in [2.75, 3.05) is 5.06 Å². The standard InChI is InChI=1S/C23H17N2O/c26-25(22-14-11-20(12-15-22)18-7-3-1-4-8-18)23-16-13-21(17-24-23)19-9-5-2-6-10-19/h1-17H. The Kier molecular flexibility index (Phi) is 4.46. The molecule has 0 saturated carbocycles. The molecular formula is C23H17N2O. The average Bonchev–Trinajstić information content (AvgIpc) is 2.75. The van der Waals surface area contributed by atoms with Crippen LogP contribution in [0.25, 0.3) is 22.3 Å². The topological polar surface area (TPSA) is 36.0 Å². The second-order valence-electron chi connectivity index (χ2n) is 5.98. The van der Waals surface area contributed by atoms with Crippen LogP contribution in [0.1, 0.15) is 0 Å². The predicted octanol–water partition coefficient (Wildman–Crippen LogP) is 5.90. The Labute approximate surface area is 152 Å². The molecule has 0 amide bonds. The van der Waals surface area contributed by atoms with Gasteiger partial charge < -0.3 is 0 Å². The van der Waals surface area contributed by atoms with Crippen molar-refractivity contribution in [1.82, 2.24) is 4.98 Å². The van der Waals surface area contributed by atoms with Gasteiger partial charge in [0.25, 0.3) is 0 Å². The van der Waals surface area contributed by atoms with E-state index in [1.165, 1.54) is 0 Å². The number of rotatable bonds is 4. The molecule has 0 aliphatic rings. The number of nitrogens with zero attached hydrogens (tertiary/aromatic N) is 2. The van der Waals surface area contributed by atoms with Gasteiger partial charge in [-0.1, -0.05) is 78.0 Å². The van der Waals surface area contributed by atoms with E-state index < -0.39 is 0 Å². The summed E-state index contributed by atoms with van der Waals surface area (Å²) in [5.74, 6) is 0.372. The molecule has 26 heavy (non-hydrogen) atoms. The van der Waals surface area contributed by atoms with Crippen LogP contribution in [0.15, 0.2) is 103 Å². The number of pyridine rings is 1. The minimum atomic E-state index is 0.372. The average molecular weight is 337 g/mol. The molecule has 0 saturated heterocycles. The van der Waals surface area contributed by atoms with Crippen molar-refractivity contribution in [1.29, 1.82) is 0 Å². The molecule has 0 spiro atoms. The van der Waals surface area contributed by atoms with Crippen molar-refractivity contribution in [2.24, 2.45) is 0 Å². The molecule has 1 aromatic heterocycles. The molecule has 3 heteroatoms. The van der Waals surface area contributed by atoms with Gasteiger partial charge in [-0.25, -0.2) is 4.98 Å². The van der Waals surface area contributed by atoms with E-state index in [1.807, 2.05) is 91.0 Å². The smallest absolute Gasteiger partial charge is 0.161 e. The monoisotopic (exact) mass is 337 g/mol. The summed E-state index contributed by atoms with van der Waals surface area (Å²) in [5, 5.41) is 13.4. The summed E-state index contributed by atoms with van der Waals surface area (Å²) in [6.45, 7) is 0. The minimum Gasteiger partial charge on any atom is -0.236 e. The molecule has 0 unspecified atom stereocenters. The van der Waals surface area contributed by atoms with Gasteiger partial charge in [0, 0.05) is 11.8 Å². The highest BCUT2D eigenvalue weighted by Gasteiger charge is 2.10. The molecule has 4 rings (SSSR count). The number of benzene rings is 3. The lowest BCUT2D eigenvalue weighted by molar-refractivity contribution is 0.194. The maximum atomic E-state index is 12.6. The van der Waals surface area contributed by atoms with Crippen LogP contribution in [0, 0.1) is 0 Å². The zero-order chi connectivity index (χ0) is 17.8. The van der Waals surface area contributed by atoms with Gasteiger partial charge in [-0.05, 0) is 41.0 Å². The highest BCUT2D eigenvalue weighted by molar-refractivity contribution is 5.69. The highest BCUT2D eigenvalue weighted by atomic mass is 16.5. The fraction of sp³-hybridized carbons (Fsp3) is 0. The van der Waals surface area contributed by atoms with Crippen LogP contribution in [-0.2, 0) is 5.21 Å². The van der Waals surface area contributed by atoms with Crippen LogP contribution in [0.2, 0.25) is 0 Å². The van der Waals surface area contributed by atoms with Crippen molar-refractivity contribution < 1.29 is 5.21 Å². The summed E-state index contributed by atoms with van der Waals surface area (Å²) in [6.07, 6.45) is 1.73. The molecule has 0 atom stereocenters. The second kappa shape index (κ2) is 7.21. The number of hydrogen-bond donors (Lipinski definition) is 0. The van der Waals surface area contributed by atoms with E-state index in [2.05, 4.69) is 4.98 Å². The largest absolute Gasteiger partial charge is 0.236 e. The van der Waals surface area contributed by atoms with E-state index in [1.54, 1.807) is 12.3 Å². The maximum absolute atomic E-state index is 12.6. The van der Waals surface area contributed by atoms with Gasteiger partial charge in [-0.15, -0.1) is 0 Å². The molecule has 125 valence electrons. The van der Waals surface area contributed by atoms with Crippen LogP contribution < -0.4 is 5.06 Å². The third-order valence-corrected chi connectivity index (χ3v) is 4.27. The van der Waals surface area contributed by atoms with Crippen molar-refractivity contribution in [3.8, 4) is 22.3 Å². The molecule has 1 heterocycles. The molecule has 0 aliphatic carbocycles. The summed E-state index contributed by atoms with van der Waals surface area (Å²) in [7, 11) is 0. The Hall–Kier alpha value is -3.43. The lowest BCUT2D eigenvalue weighted by Gasteiger charge is -2.14. The van der Waals surface area contributed by atoms with Crippen LogP contribution >= 0.6 is 0 Å². The molecule has 0 aliphatic heterocycles. The molecule has 4 aromatic rings. The normalized spacial score (nSPS) is 10.5. The molecule has 3 nitrogen and oxygen atoms in total. The van der Waals surface area contributed by atoms with E-state index in [9.17, 15) is 5.21 Å². The third kappa shape index (κ3) is 3.34. The van der Waals surface area contributed by atoms with E-state index in [0.29, 0.717) is 11.5 Å². The number of hydrogen-bond acceptors (Lipinski definition) is 2. The highest BCUT2D eigenvalue weighted by Crippen LogP contribution is 2.27. The summed E-state index contributed by atoms with van der Waals surface area (Å²) in [6, 6.07) is 31.3. The quantitative estimate of drug-likeness (QED) is 0.435. The molecule has 3 aromatic carbocycles. The third-order valence-electron chi connectivity index (χ3n) is 4.27. The van der Waals surface area contributed by atoms with Gasteiger partial charge >= 0.3 is 0 Å². The first-order valence-electron chi connectivity index (χ1n) is 8.45. The Morgan fingerprint density at radius 3 is 1.58 bits per heavy atom. The Morgan fingerprint density at radius 1 is 0.538 bits per heavy atom. The van der Waals surface area contributed by atoms with Gasteiger partial charge in [0.05, 0.1) is 5.69 Å². The maximum Gasteiger partial charge on any atom is 0.161 e. The van der Waals surface area contributed by atoms with Gasteiger partial charge in [-0.2, -0.15) is 5.06 Å². The van der Waals surface area contributed by atoms with E-state index in [-0.39, 0.29) is 0 Å². The van der Waals surface area contributed by atoms with Crippen molar-refractivity contribution >= 4 is 11.5 Å². The Balaban J connectivity index is 1.55. The van der Waals surface area contributed by atoms with E-state index in [0.717, 1.165) is 27.3 Å². The minimum absolute atomic E-state index is 0.372. The number of anilines is 2. The first kappa shape index (κ1) is 16.1. The SMILES string of the molecule is [O]N(c1ccc(-c2ccccc2)cc1)c1ccc(-c2ccccc2)cn1. The van der Waals surface area contributed by atoms with Gasteiger partial charge in [0.1, 0.15) is 0 Å². The van der Waals surface area contributed by atoms with Crippen LogP contribution in [0.3, 0.4) is 0 Å². The summed E-state index contributed by atoms with van der Waals surface area (Å²) in [4.78, 5) is 4.33. The molecule has 1 radical (unpaired) electrons. The predicted molar refractivity (Wildman–Crippen MR) is 104 cm³/mol. The van der Waals surface area contributed by atoms with E-state index in [4.69, 9.17) is 0 Å². The van der Waals surface area contributed by atoms with Crippen LogP contribution in [-0.4, -0.2) is 4.98 Å². The Bertz CT molecular complexity index is 883. The lowest BCUT2D eigenvalue weighted by Crippen LogP contribution is -2.09. The second-order valence-corrected chi connectivity index (χ2v) is 5.98. The summed E-state index contributed by atoms with van der Waals surface area (Å²) >= 11 is 0. The Morgan fingerprint density at radius 2 is 1.04 bits per heavy atom. The first-order valence-corrected chi connectivity index (χ1v) is 8.45. The van der Waals surface area contributed by atoms with Gasteiger partial charge in [0.15, 0.2) is 5.82 Å². The van der Waals surface area contributed by atoms with Gasteiger partial charge in [-0.3, -0.25) is 0 Å². The van der Waals surface area contributed by atoms with Crippen molar-refractivity contribution in [2.45, 2.75) is 0 Å². The molecule has 0 bridgehead atoms. The van der Waals surface area contributed by atoms with Crippen molar-refractivity contribution in [3.63, 3.8) is 0 Å². The van der Waals surface area contributed by atoms with E-state index >= 15 is 0 Å². The zero-order valence-electron chi connectivity index (χ0n) is 14.1. The fourth-order valence-electron chi connectivity index (χ4n) is 2.86. The molecule has 0 N–H and O–H groups in total. The molecular weight excluding hydrogens is 320 g/mol. The summed E-state index contributed by atoms with van der Waals surface area (Å²) in [5.41, 5.74) is 4.83. The van der Waals surface area contributed by atoms with Crippen LogP contribution in [0.5, 0.6) is 0 Å². The molecule has 0 fully saturated rings.